The predicted octanol–water partition coefficient (Wildman–Crippen LogP) is 3.46. The van der Waals surface area contributed by atoms with Crippen LogP contribution >= 0.6 is 11.6 Å². The molecule has 14 heteroatoms. The smallest absolute Gasteiger partial charge is 0.278 e. The number of alkyl halides is 3. The van der Waals surface area contributed by atoms with Crippen LogP contribution in [0, 0.1) is 5.82 Å². The highest BCUT2D eigenvalue weighted by Crippen LogP contribution is 2.32. The second-order valence-electron chi connectivity index (χ2n) is 8.36. The number of aliphatic imine (C=N–C) groups is 1. The molecule has 0 radical (unpaired) electrons. The number of hydrogen-bond donors (Lipinski definition) is 0. The zero-order valence-corrected chi connectivity index (χ0v) is 20.0. The van der Waals surface area contributed by atoms with Gasteiger partial charge in [0.05, 0.1) is 17.7 Å². The molecule has 0 amide bonds. The minimum atomic E-state index is -4.81. The second kappa shape index (κ2) is 10.3. The van der Waals surface area contributed by atoms with E-state index >= 15 is 0 Å². The van der Waals surface area contributed by atoms with Crippen LogP contribution in [-0.4, -0.2) is 34.5 Å². The number of nitrogens with zero attached hydrogens (tertiary/aromatic N) is 7. The van der Waals surface area contributed by atoms with Crippen LogP contribution in [0.4, 0.5) is 23.4 Å². The first kappa shape index (κ1) is 25.7. The zero-order valence-electron chi connectivity index (χ0n) is 19.2. The number of halogens is 5. The van der Waals surface area contributed by atoms with Crippen LogP contribution in [-0.2, 0) is 38.7 Å². The van der Waals surface area contributed by atoms with Crippen LogP contribution in [0.5, 0.6) is 0 Å². The molecule has 1 aliphatic heterocycles. The van der Waals surface area contributed by atoms with Crippen molar-refractivity contribution in [3.63, 3.8) is 0 Å². The lowest BCUT2D eigenvalue weighted by Gasteiger charge is -2.13. The summed E-state index contributed by atoms with van der Waals surface area (Å²) in [5, 5.41) is 12.1. The SMILES string of the molecule is CCCCn1c2c(c(=O)n(CCCn3nnc(Cc4ccc(F)c(C(F)(F)F)c4)n3)c1=O)CC(Cl)=N2. The Morgan fingerprint density at radius 1 is 1.08 bits per heavy atom. The van der Waals surface area contributed by atoms with Gasteiger partial charge in [0.25, 0.3) is 5.56 Å². The molecular weight excluding hydrogens is 506 g/mol. The van der Waals surface area contributed by atoms with Crippen LogP contribution in [0.15, 0.2) is 32.8 Å². The molecule has 0 saturated carbocycles. The van der Waals surface area contributed by atoms with Crippen LogP contribution in [0.1, 0.15) is 48.7 Å². The number of rotatable bonds is 9. The summed E-state index contributed by atoms with van der Waals surface area (Å²) >= 11 is 6.03. The van der Waals surface area contributed by atoms with Gasteiger partial charge in [0.1, 0.15) is 16.8 Å². The third-order valence-corrected chi connectivity index (χ3v) is 5.93. The summed E-state index contributed by atoms with van der Waals surface area (Å²) in [6, 6.07) is 2.70. The van der Waals surface area contributed by atoms with Gasteiger partial charge < -0.3 is 0 Å². The molecule has 1 aliphatic rings. The lowest BCUT2D eigenvalue weighted by Crippen LogP contribution is -2.41. The van der Waals surface area contributed by atoms with Crippen molar-refractivity contribution >= 4 is 22.6 Å². The Bertz CT molecular complexity index is 1430. The van der Waals surface area contributed by atoms with Crippen molar-refractivity contribution in [1.82, 2.24) is 29.3 Å². The number of aryl methyl sites for hydroxylation is 1. The normalized spacial score (nSPS) is 13.2. The topological polar surface area (TPSA) is 100.0 Å². The van der Waals surface area contributed by atoms with Gasteiger partial charge in [0.2, 0.25) is 0 Å². The van der Waals surface area contributed by atoms with Crippen molar-refractivity contribution < 1.29 is 17.6 Å². The fourth-order valence-corrected chi connectivity index (χ4v) is 4.15. The van der Waals surface area contributed by atoms with E-state index in [0.29, 0.717) is 24.3 Å². The maximum atomic E-state index is 13.5. The van der Waals surface area contributed by atoms with Crippen molar-refractivity contribution in [2.45, 2.75) is 64.8 Å². The van der Waals surface area contributed by atoms with Gasteiger partial charge >= 0.3 is 11.9 Å². The van der Waals surface area contributed by atoms with Crippen LogP contribution in [0.2, 0.25) is 0 Å². The Morgan fingerprint density at radius 3 is 2.56 bits per heavy atom. The molecule has 0 unspecified atom stereocenters. The fourth-order valence-electron chi connectivity index (χ4n) is 3.94. The van der Waals surface area contributed by atoms with E-state index in [0.717, 1.165) is 29.5 Å². The standard InChI is InChI=1S/C22H22ClF4N7O2/c1-2-3-7-32-19-14(12-17(23)28-19)20(35)33(21(32)36)8-4-9-34-30-18(29-31-34)11-13-5-6-16(24)15(10-13)22(25,26)27/h5-6,10H,2-4,7-9,11-12H2,1H3. The summed E-state index contributed by atoms with van der Waals surface area (Å²) < 4.78 is 54.9. The summed E-state index contributed by atoms with van der Waals surface area (Å²) in [5.41, 5.74) is -1.70. The average molecular weight is 528 g/mol. The van der Waals surface area contributed by atoms with Crippen molar-refractivity contribution in [1.29, 1.82) is 0 Å². The van der Waals surface area contributed by atoms with Gasteiger partial charge in [-0.3, -0.25) is 13.9 Å². The highest BCUT2D eigenvalue weighted by Gasteiger charge is 2.34. The minimum Gasteiger partial charge on any atom is -0.278 e. The fraction of sp³-hybridized carbons (Fsp3) is 0.455. The summed E-state index contributed by atoms with van der Waals surface area (Å²) in [7, 11) is 0. The minimum absolute atomic E-state index is 0.0729. The Hall–Kier alpha value is -3.35. The average Bonchev–Trinajstić information content (AvgIpc) is 3.43. The Morgan fingerprint density at radius 2 is 1.83 bits per heavy atom. The first-order chi connectivity index (χ1) is 17.1. The van der Waals surface area contributed by atoms with Crippen LogP contribution in [0.3, 0.4) is 0 Å². The second-order valence-corrected chi connectivity index (χ2v) is 8.79. The van der Waals surface area contributed by atoms with Gasteiger partial charge in [0.15, 0.2) is 5.82 Å². The summed E-state index contributed by atoms with van der Waals surface area (Å²) in [5.74, 6) is -0.887. The molecule has 3 heterocycles. The molecule has 0 fully saturated rings. The van der Waals surface area contributed by atoms with Crippen LogP contribution in [0.25, 0.3) is 0 Å². The number of hydrogen-bond acceptors (Lipinski definition) is 6. The number of benzene rings is 1. The number of aromatic nitrogens is 6. The van der Waals surface area contributed by atoms with Crippen LogP contribution < -0.4 is 11.2 Å². The first-order valence-electron chi connectivity index (χ1n) is 11.3. The Labute approximate surface area is 207 Å². The molecule has 192 valence electrons. The quantitative estimate of drug-likeness (QED) is 0.397. The number of unbranched alkanes of at least 4 members (excludes halogenated alkanes) is 1. The first-order valence-corrected chi connectivity index (χ1v) is 11.7. The third kappa shape index (κ3) is 5.40. The molecule has 36 heavy (non-hydrogen) atoms. The van der Waals surface area contributed by atoms with Gasteiger partial charge in [-0.1, -0.05) is 31.0 Å². The molecular formula is C22H22ClF4N7O2. The van der Waals surface area contributed by atoms with Crippen molar-refractivity contribution in [2.24, 2.45) is 4.99 Å². The Kier molecular flexibility index (Phi) is 7.38. The van der Waals surface area contributed by atoms with Crippen molar-refractivity contribution in [3.8, 4) is 0 Å². The largest absolute Gasteiger partial charge is 0.419 e. The molecule has 1 aromatic carbocycles. The zero-order chi connectivity index (χ0) is 26.0. The molecule has 0 saturated heterocycles. The van der Waals surface area contributed by atoms with E-state index in [1.165, 1.54) is 15.4 Å². The third-order valence-electron chi connectivity index (χ3n) is 5.71. The summed E-state index contributed by atoms with van der Waals surface area (Å²) in [6.07, 6.45) is -2.80. The molecule has 2 aromatic heterocycles. The van der Waals surface area contributed by atoms with Gasteiger partial charge in [-0.2, -0.15) is 18.0 Å². The van der Waals surface area contributed by atoms with E-state index in [9.17, 15) is 27.2 Å². The maximum absolute atomic E-state index is 13.5. The molecule has 0 spiro atoms. The van der Waals surface area contributed by atoms with E-state index in [1.54, 1.807) is 0 Å². The summed E-state index contributed by atoms with van der Waals surface area (Å²) in [4.78, 5) is 31.3. The van der Waals surface area contributed by atoms with Gasteiger partial charge in [-0.15, -0.1) is 10.2 Å². The highest BCUT2D eigenvalue weighted by atomic mass is 35.5. The van der Waals surface area contributed by atoms with E-state index < -0.39 is 28.8 Å². The van der Waals surface area contributed by atoms with Gasteiger partial charge in [-0.05, 0) is 35.8 Å². The molecule has 0 N–H and O–H groups in total. The lowest BCUT2D eigenvalue weighted by molar-refractivity contribution is -0.140. The van der Waals surface area contributed by atoms with Gasteiger partial charge in [-0.25, -0.2) is 14.2 Å². The Balaban J connectivity index is 1.45. The molecule has 0 bridgehead atoms. The van der Waals surface area contributed by atoms with E-state index in [2.05, 4.69) is 20.4 Å². The molecule has 4 rings (SSSR count). The van der Waals surface area contributed by atoms with Crippen molar-refractivity contribution in [2.75, 3.05) is 0 Å². The molecule has 0 aliphatic carbocycles. The maximum Gasteiger partial charge on any atom is 0.419 e. The lowest BCUT2D eigenvalue weighted by atomic mass is 10.1. The van der Waals surface area contributed by atoms with Gasteiger partial charge in [0, 0.05) is 25.9 Å². The van der Waals surface area contributed by atoms with Crippen molar-refractivity contribution in [3.05, 3.63) is 67.4 Å². The monoisotopic (exact) mass is 527 g/mol. The summed E-state index contributed by atoms with van der Waals surface area (Å²) in [6.45, 7) is 2.71. The highest BCUT2D eigenvalue weighted by molar-refractivity contribution is 6.66. The van der Waals surface area contributed by atoms with E-state index in [4.69, 9.17) is 11.6 Å². The van der Waals surface area contributed by atoms with E-state index in [1.807, 2.05) is 6.92 Å². The number of tetrazole rings is 1. The van der Waals surface area contributed by atoms with E-state index in [-0.39, 0.29) is 42.5 Å². The predicted molar refractivity (Wildman–Crippen MR) is 123 cm³/mol. The molecule has 3 aromatic rings. The molecule has 0 atom stereocenters. The molecule has 9 nitrogen and oxygen atoms in total. The number of fused-ring (bicyclic) bond motifs is 1.